The first kappa shape index (κ1) is 16.3. The van der Waals surface area contributed by atoms with Gasteiger partial charge >= 0.3 is 0 Å². The summed E-state index contributed by atoms with van der Waals surface area (Å²) in [6, 6.07) is 10.4. The molecule has 1 aromatic carbocycles. The molecule has 0 aliphatic heterocycles. The van der Waals surface area contributed by atoms with Crippen LogP contribution in [0, 0.1) is 0 Å². The Hall–Kier alpha value is -1.10. The Bertz CT molecular complexity index is 394. The highest BCUT2D eigenvalue weighted by molar-refractivity contribution is 5.20. The van der Waals surface area contributed by atoms with Crippen LogP contribution < -0.4 is 10.1 Å². The Morgan fingerprint density at radius 2 is 1.95 bits per heavy atom. The monoisotopic (exact) mass is 293 g/mol. The molecule has 0 radical (unpaired) electrons. The number of para-hydroxylation sites is 1. The van der Waals surface area contributed by atoms with Crippen molar-refractivity contribution < 1.29 is 14.6 Å². The van der Waals surface area contributed by atoms with E-state index in [-0.39, 0.29) is 12.1 Å². The smallest absolute Gasteiger partial charge is 0.119 e. The van der Waals surface area contributed by atoms with Crippen molar-refractivity contribution in [1.29, 1.82) is 0 Å². The predicted molar refractivity (Wildman–Crippen MR) is 83.6 cm³/mol. The summed E-state index contributed by atoms with van der Waals surface area (Å²) in [6.07, 6.45) is 4.35. The molecule has 4 nitrogen and oxygen atoms in total. The molecule has 1 atom stereocenters. The zero-order valence-electron chi connectivity index (χ0n) is 12.9. The molecule has 1 fully saturated rings. The quantitative estimate of drug-likeness (QED) is 0.615. The molecule has 1 aliphatic carbocycles. The summed E-state index contributed by atoms with van der Waals surface area (Å²) in [7, 11) is 0. The van der Waals surface area contributed by atoms with E-state index in [1.54, 1.807) is 0 Å². The van der Waals surface area contributed by atoms with Gasteiger partial charge in [-0.15, -0.1) is 0 Å². The Labute approximate surface area is 127 Å². The van der Waals surface area contributed by atoms with Gasteiger partial charge in [0, 0.05) is 18.2 Å². The molecule has 4 heteroatoms. The first-order valence-electron chi connectivity index (χ1n) is 7.86. The number of rotatable bonds is 11. The number of aliphatic hydroxyl groups is 1. The first-order chi connectivity index (χ1) is 10.2. The molecule has 0 saturated heterocycles. The minimum Gasteiger partial charge on any atom is -0.491 e. The van der Waals surface area contributed by atoms with Gasteiger partial charge in [0.15, 0.2) is 0 Å². The minimum atomic E-state index is -0.162. The Balaban J connectivity index is 1.49. The lowest BCUT2D eigenvalue weighted by atomic mass is 9.97. The van der Waals surface area contributed by atoms with Crippen LogP contribution in [0.5, 0.6) is 5.75 Å². The van der Waals surface area contributed by atoms with Gasteiger partial charge in [0.2, 0.25) is 0 Å². The van der Waals surface area contributed by atoms with Crippen LogP contribution in [0.3, 0.4) is 0 Å². The molecule has 2 rings (SSSR count). The highest BCUT2D eigenvalue weighted by Crippen LogP contribution is 2.24. The maximum absolute atomic E-state index is 9.51. The van der Waals surface area contributed by atoms with Gasteiger partial charge in [0.05, 0.1) is 13.2 Å². The van der Waals surface area contributed by atoms with Gasteiger partial charge in [-0.1, -0.05) is 18.2 Å². The van der Waals surface area contributed by atoms with Crippen LogP contribution in [-0.2, 0) is 4.74 Å². The van der Waals surface area contributed by atoms with E-state index in [0.717, 1.165) is 18.6 Å². The van der Waals surface area contributed by atoms with Crippen LogP contribution in [0.15, 0.2) is 30.3 Å². The number of ether oxygens (including phenoxy) is 2. The normalized spacial score (nSPS) is 17.4. The fraction of sp³-hybridized carbons (Fsp3) is 0.647. The summed E-state index contributed by atoms with van der Waals surface area (Å²) >= 11 is 0. The molecule has 0 spiro atoms. The molecule has 21 heavy (non-hydrogen) atoms. The maximum atomic E-state index is 9.51. The zero-order chi connectivity index (χ0) is 15.0. The fourth-order valence-electron chi connectivity index (χ4n) is 2.32. The summed E-state index contributed by atoms with van der Waals surface area (Å²) < 4.78 is 11.1. The van der Waals surface area contributed by atoms with E-state index in [1.807, 2.05) is 30.3 Å². The SMILES string of the molecule is CC(CO)(CCCOCCOc1ccccc1)NC1CC1. The topological polar surface area (TPSA) is 50.7 Å². The van der Waals surface area contributed by atoms with Gasteiger partial charge in [0.25, 0.3) is 0 Å². The van der Waals surface area contributed by atoms with Crippen molar-refractivity contribution in [3.05, 3.63) is 30.3 Å². The number of aliphatic hydroxyl groups excluding tert-OH is 1. The van der Waals surface area contributed by atoms with Gasteiger partial charge in [-0.25, -0.2) is 0 Å². The largest absolute Gasteiger partial charge is 0.491 e. The molecule has 1 aromatic rings. The average Bonchev–Trinajstić information content (AvgIpc) is 3.31. The van der Waals surface area contributed by atoms with Crippen molar-refractivity contribution in [2.45, 2.75) is 44.2 Å². The van der Waals surface area contributed by atoms with Crippen molar-refractivity contribution in [1.82, 2.24) is 5.32 Å². The van der Waals surface area contributed by atoms with E-state index >= 15 is 0 Å². The van der Waals surface area contributed by atoms with Gasteiger partial charge in [-0.2, -0.15) is 0 Å². The summed E-state index contributed by atoms with van der Waals surface area (Å²) in [4.78, 5) is 0. The molecular formula is C17H27NO3. The van der Waals surface area contributed by atoms with Gasteiger partial charge in [0.1, 0.15) is 12.4 Å². The lowest BCUT2D eigenvalue weighted by Gasteiger charge is -2.29. The Kier molecular flexibility index (Phi) is 6.49. The van der Waals surface area contributed by atoms with E-state index in [2.05, 4.69) is 12.2 Å². The van der Waals surface area contributed by atoms with Crippen LogP contribution in [0.25, 0.3) is 0 Å². The van der Waals surface area contributed by atoms with E-state index in [9.17, 15) is 5.11 Å². The molecule has 0 bridgehead atoms. The molecule has 118 valence electrons. The van der Waals surface area contributed by atoms with Crippen LogP contribution in [-0.4, -0.2) is 43.1 Å². The molecule has 1 unspecified atom stereocenters. The Morgan fingerprint density at radius 3 is 2.62 bits per heavy atom. The summed E-state index contributed by atoms with van der Waals surface area (Å²) in [5, 5.41) is 13.0. The summed E-state index contributed by atoms with van der Waals surface area (Å²) in [5.41, 5.74) is -0.162. The number of benzene rings is 1. The highest BCUT2D eigenvalue weighted by Gasteiger charge is 2.31. The predicted octanol–water partition coefficient (Wildman–Crippen LogP) is 2.37. The number of nitrogens with one attached hydrogen (secondary N) is 1. The third-order valence-corrected chi connectivity index (χ3v) is 3.74. The first-order valence-corrected chi connectivity index (χ1v) is 7.86. The Morgan fingerprint density at radius 1 is 1.19 bits per heavy atom. The summed E-state index contributed by atoms with van der Waals surface area (Å²) in [6.45, 7) is 4.15. The highest BCUT2D eigenvalue weighted by atomic mass is 16.5. The van der Waals surface area contributed by atoms with E-state index < -0.39 is 0 Å². The minimum absolute atomic E-state index is 0.162. The van der Waals surface area contributed by atoms with Crippen molar-refractivity contribution in [2.75, 3.05) is 26.4 Å². The number of hydrogen-bond acceptors (Lipinski definition) is 4. The molecular weight excluding hydrogens is 266 g/mol. The van der Waals surface area contributed by atoms with Gasteiger partial charge in [-0.05, 0) is 44.7 Å². The number of hydrogen-bond donors (Lipinski definition) is 2. The second-order valence-corrected chi connectivity index (χ2v) is 6.01. The third-order valence-electron chi connectivity index (χ3n) is 3.74. The maximum Gasteiger partial charge on any atom is 0.119 e. The zero-order valence-corrected chi connectivity index (χ0v) is 12.9. The summed E-state index contributed by atoms with van der Waals surface area (Å²) in [5.74, 6) is 0.877. The lowest BCUT2D eigenvalue weighted by molar-refractivity contribution is 0.0863. The second kappa shape index (κ2) is 8.37. The van der Waals surface area contributed by atoms with Crippen molar-refractivity contribution >= 4 is 0 Å². The fourth-order valence-corrected chi connectivity index (χ4v) is 2.32. The van der Waals surface area contributed by atoms with Crippen LogP contribution >= 0.6 is 0 Å². The molecule has 2 N–H and O–H groups in total. The molecule has 0 amide bonds. The standard InChI is InChI=1S/C17H27NO3/c1-17(14-19,18-15-8-9-15)10-5-11-20-12-13-21-16-6-3-2-4-7-16/h2-4,6-7,15,18-19H,5,8-14H2,1H3. The van der Waals surface area contributed by atoms with E-state index in [4.69, 9.17) is 9.47 Å². The van der Waals surface area contributed by atoms with Gasteiger partial charge in [-0.3, -0.25) is 0 Å². The van der Waals surface area contributed by atoms with Crippen molar-refractivity contribution in [2.24, 2.45) is 0 Å². The van der Waals surface area contributed by atoms with Crippen LogP contribution in [0.4, 0.5) is 0 Å². The van der Waals surface area contributed by atoms with Crippen molar-refractivity contribution in [3.63, 3.8) is 0 Å². The average molecular weight is 293 g/mol. The molecule has 1 saturated carbocycles. The molecule has 1 aliphatic rings. The lowest BCUT2D eigenvalue weighted by Crippen LogP contribution is -2.47. The van der Waals surface area contributed by atoms with Gasteiger partial charge < -0.3 is 19.9 Å². The second-order valence-electron chi connectivity index (χ2n) is 6.01. The third kappa shape index (κ3) is 6.46. The van der Waals surface area contributed by atoms with E-state index in [0.29, 0.717) is 25.9 Å². The van der Waals surface area contributed by atoms with Crippen LogP contribution in [0.1, 0.15) is 32.6 Å². The molecule has 0 aromatic heterocycles. The van der Waals surface area contributed by atoms with E-state index in [1.165, 1.54) is 12.8 Å². The van der Waals surface area contributed by atoms with Crippen molar-refractivity contribution in [3.8, 4) is 5.75 Å². The molecule has 0 heterocycles. The van der Waals surface area contributed by atoms with Crippen LogP contribution in [0.2, 0.25) is 0 Å².